The first-order chi connectivity index (χ1) is 62.7. The van der Waals surface area contributed by atoms with E-state index in [1.165, 1.54) is 164 Å². The second kappa shape index (κ2) is 60.6. The smallest absolute Gasteiger partial charge is 0.416 e. The zero-order valence-electron chi connectivity index (χ0n) is 94.1. The predicted molar refractivity (Wildman–Crippen MR) is 564 cm³/mol. The van der Waals surface area contributed by atoms with Gasteiger partial charge in [0.1, 0.15) is 23.4 Å². The highest BCUT2D eigenvalue weighted by atomic mass is 28.5. The molecule has 5 aliphatic carbocycles. The molecule has 1 heterocycles. The zero-order chi connectivity index (χ0) is 109. The molecule has 6 fully saturated rings. The van der Waals surface area contributed by atoms with Gasteiger partial charge in [-0.3, -0.25) is 24.0 Å². The lowest BCUT2D eigenvalue weighted by Gasteiger charge is -2.49. The van der Waals surface area contributed by atoms with Crippen LogP contribution in [0.4, 0.5) is 52.7 Å². The van der Waals surface area contributed by atoms with Crippen LogP contribution in [0.3, 0.4) is 0 Å². The average Bonchev–Trinajstić information content (AvgIpc) is 1.59. The van der Waals surface area contributed by atoms with Crippen LogP contribution in [-0.2, 0) is 68.9 Å². The van der Waals surface area contributed by atoms with Crippen molar-refractivity contribution in [2.75, 3.05) is 6.61 Å². The van der Waals surface area contributed by atoms with E-state index in [1.54, 1.807) is 0 Å². The number of fused-ring (bicyclic) bond motifs is 2. The van der Waals surface area contributed by atoms with Crippen molar-refractivity contribution in [2.45, 2.75) is 551 Å². The third-order valence-corrected chi connectivity index (χ3v) is 48.0. The third-order valence-electron chi connectivity index (χ3n) is 28.9. The third kappa shape index (κ3) is 51.8. The largest absolute Gasteiger partial charge is 0.465 e. The molecule has 141 heavy (non-hydrogen) atoms. The van der Waals surface area contributed by atoms with E-state index in [9.17, 15) is 81.8 Å². The molecule has 16 nitrogen and oxygen atoms in total. The molecule has 0 aromatic heterocycles. The number of hydrogen-bond acceptors (Lipinski definition) is 16. The van der Waals surface area contributed by atoms with E-state index in [0.29, 0.717) is 61.9 Å². The molecule has 838 valence electrons. The molecule has 12 atom stereocenters. The molecule has 1 aromatic rings. The van der Waals surface area contributed by atoms with E-state index >= 15 is 0 Å². The van der Waals surface area contributed by atoms with Gasteiger partial charge >= 0.3 is 88.8 Å². The molecule has 7 rings (SSSR count). The lowest BCUT2D eigenvalue weighted by molar-refractivity contribution is -0.260. The number of carbonyl (C=O) groups is 5. The Hall–Kier alpha value is -3.43. The molecule has 0 amide bonds. The van der Waals surface area contributed by atoms with Gasteiger partial charge in [-0.05, 0) is 323 Å². The molecule has 2 bridgehead atoms. The molecule has 33 heteroatoms. The molecular weight excluding hydrogens is 1920 g/mol. The predicted octanol–water partition coefficient (Wildman–Crippen LogP) is 34.8. The van der Waals surface area contributed by atoms with E-state index in [-0.39, 0.29) is 62.5 Å². The van der Waals surface area contributed by atoms with Gasteiger partial charge in [-0.2, -0.15) is 52.7 Å². The summed E-state index contributed by atoms with van der Waals surface area (Å²) >= 11 is 0. The molecule has 1 saturated heterocycles. The van der Waals surface area contributed by atoms with Crippen LogP contribution in [0.2, 0.25) is 77.1 Å². The highest BCUT2D eigenvalue weighted by Crippen LogP contribution is 2.55. The lowest BCUT2D eigenvalue weighted by atomic mass is 9.72. The summed E-state index contributed by atoms with van der Waals surface area (Å²) in [4.78, 5) is 58.6. The number of halogens is 12. The highest BCUT2D eigenvalue weighted by Gasteiger charge is 2.62. The van der Waals surface area contributed by atoms with Crippen LogP contribution in [0.5, 0.6) is 0 Å². The number of rotatable bonds is 27. The Kier molecular flexibility index (Phi) is 61.8. The van der Waals surface area contributed by atoms with Gasteiger partial charge < -0.3 is 50.0 Å². The van der Waals surface area contributed by atoms with Crippen molar-refractivity contribution in [1.82, 2.24) is 0 Å². The van der Waals surface area contributed by atoms with Crippen LogP contribution >= 0.6 is 0 Å². The van der Waals surface area contributed by atoms with E-state index < -0.39 is 149 Å². The van der Waals surface area contributed by atoms with E-state index in [2.05, 4.69) is 172 Å². The SMILES string of the molecule is C.C.CCC(C)(C(=O)OC(C)(C)C)C(F)(F)F.CCC(C)(C(=O)OC(C)(C)C)C(F)(F)F.CCC(C)(C(=O)OC1CC2CC(CC(C)(O)C(F)(F)F)C1C2)C(F)(F)F.CCC(C)(C)C(=O)OC1CCC(C(C)(C)C)CC1.CCC(C)(C)C(=O)OCCC[Si](C)(C)C.CCC(C)C1CCCCC1.CCC(C)OC1CCCCC1.CCC(C)[Si]1(C)O[Si](C)(C)O[Si](C)(C)O[Si](C)(C)O1.CCC(C)c1ccccc1. The van der Waals surface area contributed by atoms with Gasteiger partial charge in [0.05, 0.1) is 29.6 Å². The minimum absolute atomic E-state index is 0. The summed E-state index contributed by atoms with van der Waals surface area (Å²) in [6.07, 6.45) is 7.51. The monoisotopic (exact) mass is 2130 g/mol. The van der Waals surface area contributed by atoms with Gasteiger partial charge in [0.15, 0.2) is 21.8 Å². The van der Waals surface area contributed by atoms with E-state index in [0.717, 1.165) is 83.5 Å². The first-order valence-electron chi connectivity index (χ1n) is 52.2. The minimum Gasteiger partial charge on any atom is -0.465 e. The fraction of sp³-hybridized carbons (Fsp3) is 0.898. The van der Waals surface area contributed by atoms with E-state index in [1.807, 2.05) is 41.5 Å². The summed E-state index contributed by atoms with van der Waals surface area (Å²) in [7, 11) is -9.77. The van der Waals surface area contributed by atoms with Crippen LogP contribution in [0.1, 0.15) is 414 Å². The normalized spacial score (nSPS) is 23.0. The number of aliphatic hydroxyl groups is 1. The van der Waals surface area contributed by atoms with Crippen LogP contribution < -0.4 is 0 Å². The summed E-state index contributed by atoms with van der Waals surface area (Å²) in [5.41, 5.74) is -10.5. The first kappa shape index (κ1) is 144. The summed E-state index contributed by atoms with van der Waals surface area (Å²) in [5.74, 6) is -1.35. The minimum atomic E-state index is -4.79. The van der Waals surface area contributed by atoms with Gasteiger partial charge in [-0.1, -0.05) is 239 Å². The Morgan fingerprint density at radius 1 is 0.447 bits per heavy atom. The molecule has 1 N–H and O–H groups in total. The zero-order valence-corrected chi connectivity index (χ0v) is 99.1. The van der Waals surface area contributed by atoms with Gasteiger partial charge in [0.25, 0.3) is 0 Å². The van der Waals surface area contributed by atoms with Crippen molar-refractivity contribution in [3.63, 3.8) is 0 Å². The second-order valence-corrected chi connectivity index (χ2v) is 68.3. The maximum Gasteiger partial charge on any atom is 0.416 e. The van der Waals surface area contributed by atoms with Gasteiger partial charge in [-0.15, -0.1) is 0 Å². The highest BCUT2D eigenvalue weighted by molar-refractivity contribution is 6.93. The maximum atomic E-state index is 13.2. The Labute approximate surface area is 855 Å². The molecule has 5 saturated carbocycles. The number of alkyl halides is 12. The summed E-state index contributed by atoms with van der Waals surface area (Å²) < 4.78 is 211. The Bertz CT molecular complexity index is 3570. The molecule has 6 aliphatic rings. The number of ether oxygens (including phenoxy) is 6. The number of benzene rings is 1. The number of carbonyl (C=O) groups excluding carboxylic acids is 5. The number of hydrogen-bond donors (Lipinski definition) is 1. The van der Waals surface area contributed by atoms with E-state index in [4.69, 9.17) is 44.9 Å². The number of esters is 5. The summed E-state index contributed by atoms with van der Waals surface area (Å²) in [6.45, 7) is 75.5. The van der Waals surface area contributed by atoms with Crippen molar-refractivity contribution in [3.05, 3.63) is 35.9 Å². The van der Waals surface area contributed by atoms with Crippen molar-refractivity contribution >= 4 is 72.2 Å². The molecule has 0 radical (unpaired) electrons. The van der Waals surface area contributed by atoms with Crippen molar-refractivity contribution < 1.29 is 127 Å². The van der Waals surface area contributed by atoms with Crippen molar-refractivity contribution in [2.24, 2.45) is 68.0 Å². The summed E-state index contributed by atoms with van der Waals surface area (Å²) in [6, 6.07) is 11.9. The fourth-order valence-electron chi connectivity index (χ4n) is 17.0. The van der Waals surface area contributed by atoms with Crippen LogP contribution in [-0.4, -0.2) is 150 Å². The van der Waals surface area contributed by atoms with Crippen molar-refractivity contribution in [1.29, 1.82) is 0 Å². The average molecular weight is 2130 g/mol. The summed E-state index contributed by atoms with van der Waals surface area (Å²) in [5, 5.41) is 9.70. The molecule has 1 aliphatic heterocycles. The first-order valence-corrected chi connectivity index (χ1v) is 66.8. The quantitative estimate of drug-likeness (QED) is 0.0287. The molecule has 0 spiro atoms. The van der Waals surface area contributed by atoms with Crippen LogP contribution in [0.15, 0.2) is 30.3 Å². The lowest BCUT2D eigenvalue weighted by Crippen LogP contribution is -2.66. The fourth-order valence-corrected chi connectivity index (χ4v) is 40.0. The van der Waals surface area contributed by atoms with Gasteiger partial charge in [0, 0.05) is 8.07 Å². The topological polar surface area (TPSA) is 198 Å². The van der Waals surface area contributed by atoms with Crippen LogP contribution in [0, 0.1) is 68.0 Å². The maximum absolute atomic E-state index is 13.2. The molecular formula is C108H206F12O16Si5. The standard InChI is InChI=1S/C17H24F6O3.C16H30O2.C12H26O2Si.C11H30O4Si4.2C10H17F3O2.C10H20O.C10H20.C10H14.2CH4/c1-4-14(2,16(18,19)20)13(24)26-12-7-9-5-10(11(12)6-9)8-15(3,25)17(21,22)23;1-7-16(5,6)14(17)18-13-10-8-12(9-11-13)15(2,3)4;1-7-12(2,3)11(13)14-9-8-10-15(4,5)6;1-10-11(2)19(9)14-17(5,6)12-16(3,4)13-18(7,8)15-19;2*1-6-9(5,10(11,12)13)7(14)15-8(2,3)4;1-3-9(2)11-10-7-5-4-6-8-10;2*1-3-9(2)10-7-5-4-6-8-10;;/h9-12,25H,4-8H2,1-3H3;12-13H,7-11H2,1-6H3;7-10H2,1-6H3;11H,10H2,1-9H3;2*6H2,1-5H3;9-10H,3-8H2,1-2H3;9-10H,3-8H2,1-2H3;4-9H,3H2,1-2H3;2*1H4. The Morgan fingerprint density at radius 2 is 0.844 bits per heavy atom. The van der Waals surface area contributed by atoms with Crippen LogP contribution in [0.25, 0.3) is 0 Å². The van der Waals surface area contributed by atoms with Gasteiger partial charge in [-0.25, -0.2) is 0 Å². The molecule has 12 unspecified atom stereocenters. The Morgan fingerprint density at radius 3 is 1.18 bits per heavy atom. The second-order valence-electron chi connectivity index (χ2n) is 48.0. The Balaban J connectivity index is -0.000000759. The molecule has 1 aromatic carbocycles. The van der Waals surface area contributed by atoms with Gasteiger partial charge in [0.2, 0.25) is 0 Å². The van der Waals surface area contributed by atoms with Crippen molar-refractivity contribution in [3.8, 4) is 0 Å².